The van der Waals surface area contributed by atoms with Gasteiger partial charge >= 0.3 is 7.82 Å². The molecule has 6 heteroatoms. The molecule has 166 valence electrons. The molecule has 0 aromatic heterocycles. The molecule has 5 rings (SSSR count). The zero-order valence-corrected chi connectivity index (χ0v) is 18.8. The number of rotatable bonds is 9. The van der Waals surface area contributed by atoms with Crippen LogP contribution in [0, 0.1) is 0 Å². The van der Waals surface area contributed by atoms with Gasteiger partial charge in [0, 0.05) is 0 Å². The molecule has 4 aromatic carbocycles. The van der Waals surface area contributed by atoms with Crippen molar-refractivity contribution in [2.24, 2.45) is 0 Å². The molecule has 5 nitrogen and oxygen atoms in total. The first-order valence-electron chi connectivity index (χ1n) is 10.7. The lowest BCUT2D eigenvalue weighted by atomic mass is 10.1. The fourth-order valence-corrected chi connectivity index (χ4v) is 4.60. The highest BCUT2D eigenvalue weighted by molar-refractivity contribution is 7.49. The van der Waals surface area contributed by atoms with E-state index in [0.29, 0.717) is 18.1 Å². The fraction of sp³-hybridized carbons (Fsp3) is 0.111. The minimum atomic E-state index is -3.93. The van der Waals surface area contributed by atoms with Crippen LogP contribution in [-0.4, -0.2) is 19.3 Å². The molecule has 33 heavy (non-hydrogen) atoms. The van der Waals surface area contributed by atoms with Gasteiger partial charge in [0.2, 0.25) is 0 Å². The summed E-state index contributed by atoms with van der Waals surface area (Å²) >= 11 is 0. The van der Waals surface area contributed by atoms with Crippen LogP contribution in [0.4, 0.5) is 0 Å². The first-order chi connectivity index (χ1) is 16.2. The largest absolute Gasteiger partial charge is 0.587 e. The van der Waals surface area contributed by atoms with E-state index in [4.69, 9.17) is 18.3 Å². The van der Waals surface area contributed by atoms with E-state index < -0.39 is 7.82 Å². The molecule has 0 aliphatic carbocycles. The molecule has 1 fully saturated rings. The van der Waals surface area contributed by atoms with E-state index in [1.807, 2.05) is 84.9 Å². The predicted octanol–water partition coefficient (Wildman–Crippen LogP) is 7.00. The standard InChI is InChI=1S/C27H23O5P/c28-33(30-20-27-19-29-27,31-25-15-11-23(12-16-25)21-7-3-1-4-8-21)32-26-17-13-24(14-18-26)22-9-5-2-6-10-22/h1-18,27H,19-20H2. The minimum Gasteiger partial charge on any atom is -0.395 e. The van der Waals surface area contributed by atoms with E-state index in [0.717, 1.165) is 22.3 Å². The predicted molar refractivity (Wildman–Crippen MR) is 128 cm³/mol. The van der Waals surface area contributed by atoms with Crippen molar-refractivity contribution in [1.29, 1.82) is 0 Å². The highest BCUT2D eigenvalue weighted by atomic mass is 31.2. The molecule has 1 aliphatic heterocycles. The van der Waals surface area contributed by atoms with Gasteiger partial charge in [-0.15, -0.1) is 0 Å². The van der Waals surface area contributed by atoms with Crippen LogP contribution in [0.2, 0.25) is 0 Å². The molecule has 0 amide bonds. The molecule has 1 heterocycles. The maximum absolute atomic E-state index is 13.5. The molecule has 1 unspecified atom stereocenters. The lowest BCUT2D eigenvalue weighted by molar-refractivity contribution is 0.190. The Morgan fingerprint density at radius 1 is 0.636 bits per heavy atom. The number of phosphoric acid groups is 1. The normalized spacial score (nSPS) is 15.1. The van der Waals surface area contributed by atoms with Crippen LogP contribution in [0.5, 0.6) is 11.5 Å². The average Bonchev–Trinajstić information content (AvgIpc) is 3.70. The van der Waals surface area contributed by atoms with E-state index in [-0.39, 0.29) is 12.7 Å². The van der Waals surface area contributed by atoms with Crippen LogP contribution < -0.4 is 9.05 Å². The molecular weight excluding hydrogens is 435 g/mol. The van der Waals surface area contributed by atoms with E-state index >= 15 is 0 Å². The van der Waals surface area contributed by atoms with Crippen molar-refractivity contribution in [3.63, 3.8) is 0 Å². The third kappa shape index (κ3) is 5.71. The Hall–Kier alpha value is -3.37. The van der Waals surface area contributed by atoms with Crippen LogP contribution >= 0.6 is 7.82 Å². The van der Waals surface area contributed by atoms with Crippen LogP contribution in [-0.2, 0) is 13.8 Å². The van der Waals surface area contributed by atoms with E-state index in [1.165, 1.54) is 0 Å². The highest BCUT2D eigenvalue weighted by Gasteiger charge is 2.35. The van der Waals surface area contributed by atoms with Crippen LogP contribution in [0.25, 0.3) is 22.3 Å². The maximum atomic E-state index is 13.5. The number of benzene rings is 4. The minimum absolute atomic E-state index is 0.0774. The summed E-state index contributed by atoms with van der Waals surface area (Å²) in [4.78, 5) is 0. The molecule has 4 aromatic rings. The first-order valence-corrected chi connectivity index (χ1v) is 12.2. The summed E-state index contributed by atoms with van der Waals surface area (Å²) in [6.07, 6.45) is -0.0774. The van der Waals surface area contributed by atoms with Crippen molar-refractivity contribution in [3.8, 4) is 33.8 Å². The van der Waals surface area contributed by atoms with Gasteiger partial charge in [-0.25, -0.2) is 4.57 Å². The summed E-state index contributed by atoms with van der Waals surface area (Å²) in [6, 6.07) is 34.7. The highest BCUT2D eigenvalue weighted by Crippen LogP contribution is 2.50. The van der Waals surface area contributed by atoms with Gasteiger partial charge in [0.05, 0.1) is 13.2 Å². The third-order valence-electron chi connectivity index (χ3n) is 5.18. The number of phosphoric ester groups is 1. The molecule has 1 aliphatic rings. The summed E-state index contributed by atoms with van der Waals surface area (Å²) in [5.41, 5.74) is 4.23. The topological polar surface area (TPSA) is 57.3 Å². The van der Waals surface area contributed by atoms with Crippen molar-refractivity contribution in [3.05, 3.63) is 109 Å². The first kappa shape index (κ1) is 21.5. The second-order valence-electron chi connectivity index (χ2n) is 7.66. The van der Waals surface area contributed by atoms with Crippen molar-refractivity contribution in [2.45, 2.75) is 6.10 Å². The van der Waals surface area contributed by atoms with Gasteiger partial charge in [-0.3, -0.25) is 4.52 Å². The number of epoxide rings is 1. The summed E-state index contributed by atoms with van der Waals surface area (Å²) in [5.74, 6) is 0.797. The molecule has 0 N–H and O–H groups in total. The monoisotopic (exact) mass is 458 g/mol. The van der Waals surface area contributed by atoms with Crippen LogP contribution in [0.3, 0.4) is 0 Å². The Bertz CT molecular complexity index is 1130. The van der Waals surface area contributed by atoms with Crippen molar-refractivity contribution in [2.75, 3.05) is 13.2 Å². The second-order valence-corrected chi connectivity index (χ2v) is 9.18. The molecular formula is C27H23O5P. The quantitative estimate of drug-likeness (QED) is 0.200. The maximum Gasteiger partial charge on any atom is 0.587 e. The summed E-state index contributed by atoms with van der Waals surface area (Å²) in [6.45, 7) is 0.721. The lowest BCUT2D eigenvalue weighted by Crippen LogP contribution is -2.09. The Balaban J connectivity index is 1.32. The van der Waals surface area contributed by atoms with Crippen molar-refractivity contribution >= 4 is 7.82 Å². The third-order valence-corrected chi connectivity index (χ3v) is 6.51. The second kappa shape index (κ2) is 9.63. The van der Waals surface area contributed by atoms with Gasteiger partial charge in [0.25, 0.3) is 0 Å². The molecule has 1 atom stereocenters. The summed E-state index contributed by atoms with van der Waals surface area (Å²) < 4.78 is 35.7. The molecule has 1 saturated heterocycles. The van der Waals surface area contributed by atoms with Crippen molar-refractivity contribution < 1.29 is 22.9 Å². The zero-order chi connectivity index (χ0) is 22.5. The fourth-order valence-electron chi connectivity index (χ4n) is 3.35. The van der Waals surface area contributed by atoms with Gasteiger partial charge < -0.3 is 13.8 Å². The van der Waals surface area contributed by atoms with Gasteiger partial charge in [-0.1, -0.05) is 84.9 Å². The van der Waals surface area contributed by atoms with E-state index in [2.05, 4.69) is 0 Å². The van der Waals surface area contributed by atoms with Gasteiger partial charge in [-0.2, -0.15) is 0 Å². The van der Waals surface area contributed by atoms with Crippen LogP contribution in [0.15, 0.2) is 109 Å². The van der Waals surface area contributed by atoms with Crippen molar-refractivity contribution in [1.82, 2.24) is 0 Å². The molecule has 0 bridgehead atoms. The smallest absolute Gasteiger partial charge is 0.395 e. The molecule has 0 saturated carbocycles. The molecule has 0 radical (unpaired) electrons. The Kier molecular flexibility index (Phi) is 6.27. The lowest BCUT2D eigenvalue weighted by Gasteiger charge is -2.19. The van der Waals surface area contributed by atoms with E-state index in [9.17, 15) is 4.57 Å². The van der Waals surface area contributed by atoms with Gasteiger partial charge in [0.15, 0.2) is 0 Å². The van der Waals surface area contributed by atoms with E-state index in [1.54, 1.807) is 24.3 Å². The van der Waals surface area contributed by atoms with Crippen LogP contribution in [0.1, 0.15) is 0 Å². The number of ether oxygens (including phenoxy) is 1. The number of hydrogen-bond donors (Lipinski definition) is 0. The summed E-state index contributed by atoms with van der Waals surface area (Å²) in [7, 11) is -3.93. The van der Waals surface area contributed by atoms with Gasteiger partial charge in [-0.05, 0) is 46.5 Å². The summed E-state index contributed by atoms with van der Waals surface area (Å²) in [5, 5.41) is 0. The average molecular weight is 458 g/mol. The zero-order valence-electron chi connectivity index (χ0n) is 17.9. The SMILES string of the molecule is O=P(OCC1CO1)(Oc1ccc(-c2ccccc2)cc1)Oc1ccc(-c2ccccc2)cc1. The Labute approximate surface area is 193 Å². The Morgan fingerprint density at radius 2 is 1.03 bits per heavy atom. The van der Waals surface area contributed by atoms with Gasteiger partial charge in [0.1, 0.15) is 17.6 Å². The Morgan fingerprint density at radius 3 is 1.42 bits per heavy atom. The number of hydrogen-bond acceptors (Lipinski definition) is 5. The molecule has 0 spiro atoms.